The van der Waals surface area contributed by atoms with Gasteiger partial charge in [-0.3, -0.25) is 4.79 Å². The summed E-state index contributed by atoms with van der Waals surface area (Å²) >= 11 is 0. The van der Waals surface area contributed by atoms with Gasteiger partial charge in [-0.2, -0.15) is 13.2 Å². The Hall–Kier alpha value is -2.55. The van der Waals surface area contributed by atoms with Gasteiger partial charge in [-0.25, -0.2) is 4.79 Å². The van der Waals surface area contributed by atoms with Crippen LogP contribution in [0.5, 0.6) is 0 Å². The van der Waals surface area contributed by atoms with Gasteiger partial charge in [0, 0.05) is 5.57 Å². The van der Waals surface area contributed by atoms with Gasteiger partial charge in [-0.1, -0.05) is 18.2 Å². The number of ether oxygens (including phenoxy) is 2. The highest BCUT2D eigenvalue weighted by Gasteiger charge is 2.52. The molecule has 148 valence electrons. The highest BCUT2D eigenvalue weighted by molar-refractivity contribution is 6.05. The van der Waals surface area contributed by atoms with Gasteiger partial charge in [0.25, 0.3) is 0 Å². The molecule has 0 aliphatic carbocycles. The SMILES string of the molecule is CCOC(=O)C1=C(c2ccccc2C(F)(F)F)C(C(=O)OCC)C(C)(O)N1. The maximum Gasteiger partial charge on any atom is 0.416 e. The van der Waals surface area contributed by atoms with Crippen molar-refractivity contribution in [2.75, 3.05) is 13.2 Å². The topological polar surface area (TPSA) is 84.9 Å². The molecule has 1 aromatic carbocycles. The summed E-state index contributed by atoms with van der Waals surface area (Å²) in [5.41, 5.74) is -4.21. The summed E-state index contributed by atoms with van der Waals surface area (Å²) in [6, 6.07) is 4.50. The number of rotatable bonds is 5. The molecule has 0 saturated carbocycles. The Morgan fingerprint density at radius 2 is 1.78 bits per heavy atom. The predicted octanol–water partition coefficient (Wildman–Crippen LogP) is 2.47. The monoisotopic (exact) mass is 387 g/mol. The lowest BCUT2D eigenvalue weighted by Crippen LogP contribution is -2.47. The second kappa shape index (κ2) is 7.59. The van der Waals surface area contributed by atoms with Crippen molar-refractivity contribution in [2.24, 2.45) is 5.92 Å². The van der Waals surface area contributed by atoms with E-state index in [1.54, 1.807) is 0 Å². The molecule has 1 heterocycles. The molecule has 9 heteroatoms. The van der Waals surface area contributed by atoms with Gasteiger partial charge in [-0.15, -0.1) is 0 Å². The molecule has 0 amide bonds. The highest BCUT2D eigenvalue weighted by atomic mass is 19.4. The first-order valence-corrected chi connectivity index (χ1v) is 8.29. The zero-order chi connectivity index (χ0) is 20.4. The van der Waals surface area contributed by atoms with Crippen LogP contribution in [0.1, 0.15) is 31.9 Å². The zero-order valence-corrected chi connectivity index (χ0v) is 15.0. The van der Waals surface area contributed by atoms with Gasteiger partial charge < -0.3 is 19.9 Å². The van der Waals surface area contributed by atoms with E-state index in [0.717, 1.165) is 12.1 Å². The maximum atomic E-state index is 13.5. The van der Waals surface area contributed by atoms with E-state index in [1.165, 1.54) is 32.9 Å². The quantitative estimate of drug-likeness (QED) is 0.755. The summed E-state index contributed by atoms with van der Waals surface area (Å²) in [5, 5.41) is 13.0. The second-order valence-corrected chi connectivity index (χ2v) is 6.01. The molecule has 1 aliphatic heterocycles. The largest absolute Gasteiger partial charge is 0.465 e. The molecule has 2 rings (SSSR count). The highest BCUT2D eigenvalue weighted by Crippen LogP contribution is 2.44. The van der Waals surface area contributed by atoms with Crippen LogP contribution in [-0.2, 0) is 25.2 Å². The zero-order valence-electron chi connectivity index (χ0n) is 15.0. The van der Waals surface area contributed by atoms with Crippen molar-refractivity contribution in [1.29, 1.82) is 0 Å². The first-order chi connectivity index (χ1) is 12.5. The summed E-state index contributed by atoms with van der Waals surface area (Å²) in [4.78, 5) is 24.8. The Balaban J connectivity index is 2.76. The Morgan fingerprint density at radius 3 is 2.33 bits per heavy atom. The molecule has 1 aliphatic rings. The molecule has 2 atom stereocenters. The Labute approximate surface area is 154 Å². The lowest BCUT2D eigenvalue weighted by molar-refractivity contribution is -0.154. The summed E-state index contributed by atoms with van der Waals surface area (Å²) in [6.07, 6.45) is -4.74. The number of halogens is 3. The summed E-state index contributed by atoms with van der Waals surface area (Å²) in [5.74, 6) is -3.49. The lowest BCUT2D eigenvalue weighted by atomic mass is 9.85. The van der Waals surface area contributed by atoms with E-state index in [0.29, 0.717) is 0 Å². The van der Waals surface area contributed by atoms with Crippen molar-refractivity contribution in [1.82, 2.24) is 5.32 Å². The van der Waals surface area contributed by atoms with E-state index >= 15 is 0 Å². The predicted molar refractivity (Wildman–Crippen MR) is 88.9 cm³/mol. The standard InChI is InChI=1S/C18H20F3NO5/c1-4-26-15(23)13-12(10-8-6-7-9-11(10)18(19,20)21)14(16(24)27-5-2)22-17(13,3)25/h6-9,13,22,25H,4-5H2,1-3H3. The van der Waals surface area contributed by atoms with Crippen molar-refractivity contribution in [3.05, 3.63) is 41.1 Å². The molecule has 6 nitrogen and oxygen atoms in total. The van der Waals surface area contributed by atoms with Crippen LogP contribution in [0.3, 0.4) is 0 Å². The molecular formula is C18H20F3NO5. The number of esters is 2. The van der Waals surface area contributed by atoms with Crippen molar-refractivity contribution >= 4 is 17.5 Å². The van der Waals surface area contributed by atoms with E-state index in [2.05, 4.69) is 5.32 Å². The smallest absolute Gasteiger partial charge is 0.416 e. The van der Waals surface area contributed by atoms with Crippen LogP contribution in [0.2, 0.25) is 0 Å². The van der Waals surface area contributed by atoms with Crippen molar-refractivity contribution in [2.45, 2.75) is 32.7 Å². The maximum absolute atomic E-state index is 13.5. The average Bonchev–Trinajstić information content (AvgIpc) is 2.86. The van der Waals surface area contributed by atoms with Gasteiger partial charge in [-0.05, 0) is 32.4 Å². The molecule has 27 heavy (non-hydrogen) atoms. The van der Waals surface area contributed by atoms with E-state index < -0.39 is 46.6 Å². The van der Waals surface area contributed by atoms with Crippen LogP contribution < -0.4 is 5.32 Å². The number of carbonyl (C=O) groups excluding carboxylic acids is 2. The summed E-state index contributed by atoms with van der Waals surface area (Å²) in [7, 11) is 0. The van der Waals surface area contributed by atoms with Crippen molar-refractivity contribution < 1.29 is 37.3 Å². The minimum Gasteiger partial charge on any atom is -0.465 e. The fourth-order valence-corrected chi connectivity index (χ4v) is 3.01. The van der Waals surface area contributed by atoms with Crippen LogP contribution in [0, 0.1) is 5.92 Å². The summed E-state index contributed by atoms with van der Waals surface area (Å²) < 4.78 is 50.3. The van der Waals surface area contributed by atoms with E-state index in [9.17, 15) is 27.9 Å². The van der Waals surface area contributed by atoms with Gasteiger partial charge >= 0.3 is 18.1 Å². The molecule has 0 fully saturated rings. The van der Waals surface area contributed by atoms with Gasteiger partial charge in [0.2, 0.25) is 0 Å². The molecule has 0 bridgehead atoms. The Kier molecular flexibility index (Phi) is 5.84. The van der Waals surface area contributed by atoms with Crippen molar-refractivity contribution in [3.63, 3.8) is 0 Å². The van der Waals surface area contributed by atoms with E-state index in [-0.39, 0.29) is 18.8 Å². The van der Waals surface area contributed by atoms with Crippen LogP contribution in [0.4, 0.5) is 13.2 Å². The molecule has 1 aromatic rings. The lowest BCUT2D eigenvalue weighted by Gasteiger charge is -2.27. The first-order valence-electron chi connectivity index (χ1n) is 8.29. The minimum absolute atomic E-state index is 0.0373. The van der Waals surface area contributed by atoms with Crippen molar-refractivity contribution in [3.8, 4) is 0 Å². The number of hydrogen-bond acceptors (Lipinski definition) is 6. The van der Waals surface area contributed by atoms with Crippen LogP contribution in [0.15, 0.2) is 30.0 Å². The number of alkyl halides is 3. The number of aliphatic hydroxyl groups is 1. The Bertz CT molecular complexity index is 771. The third-order valence-electron chi connectivity index (χ3n) is 4.02. The number of nitrogens with one attached hydrogen (secondary N) is 1. The first kappa shape index (κ1) is 20.8. The fraction of sp³-hybridized carbons (Fsp3) is 0.444. The number of benzene rings is 1. The third kappa shape index (κ3) is 4.08. The molecular weight excluding hydrogens is 367 g/mol. The van der Waals surface area contributed by atoms with Gasteiger partial charge in [0.05, 0.1) is 18.8 Å². The second-order valence-electron chi connectivity index (χ2n) is 6.01. The van der Waals surface area contributed by atoms with Gasteiger partial charge in [0.15, 0.2) is 5.72 Å². The van der Waals surface area contributed by atoms with Gasteiger partial charge in [0.1, 0.15) is 11.6 Å². The molecule has 2 N–H and O–H groups in total. The Morgan fingerprint density at radius 1 is 1.19 bits per heavy atom. The minimum atomic E-state index is -4.74. The molecule has 0 aromatic heterocycles. The average molecular weight is 387 g/mol. The number of carbonyl (C=O) groups is 2. The van der Waals surface area contributed by atoms with Crippen LogP contribution >= 0.6 is 0 Å². The van der Waals surface area contributed by atoms with Crippen LogP contribution in [-0.4, -0.2) is 36.0 Å². The molecule has 0 saturated heterocycles. The molecule has 0 radical (unpaired) electrons. The molecule has 2 unspecified atom stereocenters. The third-order valence-corrected chi connectivity index (χ3v) is 4.02. The fourth-order valence-electron chi connectivity index (χ4n) is 3.01. The normalized spacial score (nSPS) is 22.4. The summed E-state index contributed by atoms with van der Waals surface area (Å²) in [6.45, 7) is 4.14. The molecule has 0 spiro atoms. The van der Waals surface area contributed by atoms with E-state index in [4.69, 9.17) is 9.47 Å². The van der Waals surface area contributed by atoms with E-state index in [1.807, 2.05) is 0 Å². The van der Waals surface area contributed by atoms with Crippen LogP contribution in [0.25, 0.3) is 5.57 Å². The number of hydrogen-bond donors (Lipinski definition) is 2.